The molecule has 0 aliphatic heterocycles. The second-order valence-electron chi connectivity index (χ2n) is 4.66. The van der Waals surface area contributed by atoms with Gasteiger partial charge in [0.2, 0.25) is 10.0 Å². The van der Waals surface area contributed by atoms with Crippen molar-refractivity contribution in [1.82, 2.24) is 4.72 Å². The van der Waals surface area contributed by atoms with Gasteiger partial charge in [-0.15, -0.1) is 11.3 Å². The quantitative estimate of drug-likeness (QED) is 0.874. The van der Waals surface area contributed by atoms with Crippen molar-refractivity contribution in [3.8, 4) is 0 Å². The Balaban J connectivity index is 2.29. The van der Waals surface area contributed by atoms with E-state index in [-0.39, 0.29) is 11.5 Å². The first-order chi connectivity index (χ1) is 9.85. The summed E-state index contributed by atoms with van der Waals surface area (Å²) in [6.07, 6.45) is 0. The first kappa shape index (κ1) is 16.5. The molecular weight excluding hydrogens is 330 g/mol. The molecular formula is C14H16ClNO3S2. The number of rotatable bonds is 5. The average molecular weight is 346 g/mol. The topological polar surface area (TPSA) is 66.4 Å². The third-order valence-corrected chi connectivity index (χ3v) is 6.25. The third kappa shape index (κ3) is 3.64. The van der Waals surface area contributed by atoms with Gasteiger partial charge in [0, 0.05) is 20.8 Å². The fourth-order valence-corrected chi connectivity index (χ4v) is 5.07. The van der Waals surface area contributed by atoms with Crippen LogP contribution in [0.4, 0.5) is 0 Å². The zero-order valence-electron chi connectivity index (χ0n) is 11.6. The smallest absolute Gasteiger partial charge is 0.242 e. The van der Waals surface area contributed by atoms with Crippen molar-refractivity contribution in [2.45, 2.75) is 31.4 Å². The van der Waals surface area contributed by atoms with Gasteiger partial charge >= 0.3 is 0 Å². The van der Waals surface area contributed by atoms with E-state index in [0.717, 1.165) is 5.56 Å². The molecule has 21 heavy (non-hydrogen) atoms. The van der Waals surface area contributed by atoms with Crippen LogP contribution in [0.3, 0.4) is 0 Å². The van der Waals surface area contributed by atoms with Crippen LogP contribution in [-0.2, 0) is 16.6 Å². The van der Waals surface area contributed by atoms with Crippen LogP contribution in [0.5, 0.6) is 0 Å². The van der Waals surface area contributed by atoms with Crippen molar-refractivity contribution in [2.24, 2.45) is 0 Å². The maximum Gasteiger partial charge on any atom is 0.242 e. The summed E-state index contributed by atoms with van der Waals surface area (Å²) in [7, 11) is -3.65. The highest BCUT2D eigenvalue weighted by molar-refractivity contribution is 7.89. The van der Waals surface area contributed by atoms with E-state index in [1.165, 1.54) is 17.4 Å². The summed E-state index contributed by atoms with van der Waals surface area (Å²) in [5.41, 5.74) is 0.720. The van der Waals surface area contributed by atoms with Gasteiger partial charge in [0.05, 0.1) is 11.5 Å². The lowest BCUT2D eigenvalue weighted by Crippen LogP contribution is -2.27. The Morgan fingerprint density at radius 3 is 2.62 bits per heavy atom. The number of nitrogens with one attached hydrogen (secondary N) is 1. The third-order valence-electron chi connectivity index (χ3n) is 3.07. The zero-order valence-corrected chi connectivity index (χ0v) is 14.0. The first-order valence-corrected chi connectivity index (χ1v) is 9.00. The summed E-state index contributed by atoms with van der Waals surface area (Å²) in [5.74, 6) is 0. The fraction of sp³-hybridized carbons (Fsp3) is 0.286. The Kier molecular flexibility index (Phi) is 5.06. The molecule has 0 saturated carbocycles. The number of aryl methyl sites for hydroxylation is 1. The maximum absolute atomic E-state index is 12.4. The molecule has 0 aliphatic carbocycles. The summed E-state index contributed by atoms with van der Waals surface area (Å²) < 4.78 is 27.5. The number of hydrogen-bond acceptors (Lipinski definition) is 4. The molecule has 0 amide bonds. The van der Waals surface area contributed by atoms with Crippen LogP contribution in [0.1, 0.15) is 28.3 Å². The summed E-state index contributed by atoms with van der Waals surface area (Å²) in [6, 6.07) is 8.17. The van der Waals surface area contributed by atoms with Crippen molar-refractivity contribution >= 4 is 33.0 Å². The predicted molar refractivity (Wildman–Crippen MR) is 85.2 cm³/mol. The highest BCUT2D eigenvalue weighted by Gasteiger charge is 2.23. The Hall–Kier alpha value is -0.920. The normalized spacial score (nSPS) is 13.3. The lowest BCUT2D eigenvalue weighted by molar-refractivity contribution is 0.285. The van der Waals surface area contributed by atoms with Crippen LogP contribution in [0.2, 0.25) is 5.02 Å². The Morgan fingerprint density at radius 2 is 2.05 bits per heavy atom. The molecule has 7 heteroatoms. The van der Waals surface area contributed by atoms with Crippen LogP contribution < -0.4 is 4.72 Å². The van der Waals surface area contributed by atoms with E-state index in [0.29, 0.717) is 14.8 Å². The van der Waals surface area contributed by atoms with Gasteiger partial charge in [-0.2, -0.15) is 0 Å². The molecule has 4 nitrogen and oxygen atoms in total. The molecule has 2 N–H and O–H groups in total. The zero-order chi connectivity index (χ0) is 15.6. The van der Waals surface area contributed by atoms with Crippen molar-refractivity contribution < 1.29 is 13.5 Å². The van der Waals surface area contributed by atoms with Gasteiger partial charge in [-0.1, -0.05) is 29.8 Å². The highest BCUT2D eigenvalue weighted by Crippen LogP contribution is 2.28. The van der Waals surface area contributed by atoms with Crippen molar-refractivity contribution in [2.75, 3.05) is 0 Å². The molecule has 0 bridgehead atoms. The number of benzene rings is 1. The van der Waals surface area contributed by atoms with Crippen LogP contribution in [0, 0.1) is 6.92 Å². The molecule has 0 aliphatic rings. The number of thiophene rings is 1. The highest BCUT2D eigenvalue weighted by atomic mass is 35.5. The van der Waals surface area contributed by atoms with Gasteiger partial charge < -0.3 is 5.11 Å². The largest absolute Gasteiger partial charge is 0.391 e. The van der Waals surface area contributed by atoms with Crippen molar-refractivity contribution in [3.63, 3.8) is 0 Å². The maximum atomic E-state index is 12.4. The second kappa shape index (κ2) is 6.46. The number of halogens is 1. The number of hydrogen-bond donors (Lipinski definition) is 2. The summed E-state index contributed by atoms with van der Waals surface area (Å²) in [5, 5.41) is 9.63. The number of aliphatic hydroxyl groups is 1. The molecule has 0 spiro atoms. The summed E-state index contributed by atoms with van der Waals surface area (Å²) in [4.78, 5) is 1.48. The molecule has 0 fully saturated rings. The van der Waals surface area contributed by atoms with Gasteiger partial charge in [0.15, 0.2) is 0 Å². The van der Waals surface area contributed by atoms with Gasteiger partial charge in [0.25, 0.3) is 0 Å². The summed E-state index contributed by atoms with van der Waals surface area (Å²) >= 11 is 7.36. The molecule has 1 aromatic carbocycles. The van der Waals surface area contributed by atoms with Gasteiger partial charge in [-0.25, -0.2) is 13.1 Å². The SMILES string of the molecule is Cc1sc(CO)cc1S(=O)(=O)NC(C)c1ccccc1Cl. The minimum absolute atomic E-state index is 0.166. The van der Waals surface area contributed by atoms with E-state index in [2.05, 4.69) is 4.72 Å². The lowest BCUT2D eigenvalue weighted by Gasteiger charge is -2.15. The van der Waals surface area contributed by atoms with E-state index in [9.17, 15) is 8.42 Å². The van der Waals surface area contributed by atoms with Crippen molar-refractivity contribution in [1.29, 1.82) is 0 Å². The minimum Gasteiger partial charge on any atom is -0.391 e. The molecule has 1 atom stereocenters. The predicted octanol–water partition coefficient (Wildman–Crippen LogP) is 3.24. The molecule has 2 rings (SSSR count). The van der Waals surface area contributed by atoms with Crippen LogP contribution in [0.15, 0.2) is 35.2 Å². The molecule has 1 aromatic heterocycles. The molecule has 1 unspecified atom stereocenters. The van der Waals surface area contributed by atoms with E-state index >= 15 is 0 Å². The Labute approximate surface area is 133 Å². The number of aliphatic hydroxyl groups excluding tert-OH is 1. The standard InChI is InChI=1S/C14H16ClNO3S2/c1-9(12-5-3-4-6-13(12)15)16-21(18,19)14-7-11(8-17)20-10(14)2/h3-7,9,16-17H,8H2,1-2H3. The second-order valence-corrected chi connectivity index (χ2v) is 8.09. The van der Waals surface area contributed by atoms with Crippen LogP contribution in [-0.4, -0.2) is 13.5 Å². The lowest BCUT2D eigenvalue weighted by atomic mass is 10.1. The van der Waals surface area contributed by atoms with E-state index < -0.39 is 16.1 Å². The van der Waals surface area contributed by atoms with E-state index in [1.807, 2.05) is 6.07 Å². The fourth-order valence-electron chi connectivity index (χ4n) is 2.05. The first-order valence-electron chi connectivity index (χ1n) is 6.32. The van der Waals surface area contributed by atoms with E-state index in [1.54, 1.807) is 32.0 Å². The minimum atomic E-state index is -3.65. The average Bonchev–Trinajstić information content (AvgIpc) is 2.81. The molecule has 0 radical (unpaired) electrons. The van der Waals surface area contributed by atoms with Crippen LogP contribution in [0.25, 0.3) is 0 Å². The Morgan fingerprint density at radius 1 is 1.38 bits per heavy atom. The van der Waals surface area contributed by atoms with Crippen molar-refractivity contribution in [3.05, 3.63) is 50.7 Å². The molecule has 2 aromatic rings. The van der Waals surface area contributed by atoms with Gasteiger partial charge in [-0.3, -0.25) is 0 Å². The monoisotopic (exact) mass is 345 g/mol. The number of sulfonamides is 1. The van der Waals surface area contributed by atoms with Gasteiger partial charge in [0.1, 0.15) is 0 Å². The van der Waals surface area contributed by atoms with E-state index in [4.69, 9.17) is 16.7 Å². The summed E-state index contributed by atoms with van der Waals surface area (Å²) in [6.45, 7) is 3.30. The molecule has 114 valence electrons. The van der Waals surface area contributed by atoms with Gasteiger partial charge in [-0.05, 0) is 31.5 Å². The molecule has 0 saturated heterocycles. The molecule has 1 heterocycles. The Bertz CT molecular complexity index is 740. The van der Waals surface area contributed by atoms with Crippen LogP contribution >= 0.6 is 22.9 Å².